The summed E-state index contributed by atoms with van der Waals surface area (Å²) < 4.78 is 7.53. The van der Waals surface area contributed by atoms with Gasteiger partial charge in [0.15, 0.2) is 28.9 Å². The van der Waals surface area contributed by atoms with Gasteiger partial charge in [-0.25, -0.2) is 15.0 Å². The number of hydrogen-bond acceptors (Lipinski definition) is 8. The van der Waals surface area contributed by atoms with E-state index in [0.29, 0.717) is 50.0 Å². The normalized spacial score (nSPS) is 19.5. The van der Waals surface area contributed by atoms with Gasteiger partial charge in [-0.3, -0.25) is 14.3 Å². The summed E-state index contributed by atoms with van der Waals surface area (Å²) >= 11 is 18.6. The minimum Gasteiger partial charge on any atom is -0.390 e. The molecule has 13 heteroatoms. The first kappa shape index (κ1) is 24.7. The first-order valence-electron chi connectivity index (χ1n) is 10.9. The quantitative estimate of drug-likeness (QED) is 0.332. The summed E-state index contributed by atoms with van der Waals surface area (Å²) in [5.41, 5.74) is 2.27. The van der Waals surface area contributed by atoms with Crippen molar-refractivity contribution in [2.75, 3.05) is 12.4 Å². The van der Waals surface area contributed by atoms with Crippen LogP contribution in [0.15, 0.2) is 43.0 Å². The number of aromatic nitrogens is 5. The maximum atomic E-state index is 12.1. The lowest BCUT2D eigenvalue weighted by Gasteiger charge is -2.15. The molecule has 36 heavy (non-hydrogen) atoms. The maximum absolute atomic E-state index is 12.1. The number of anilines is 1. The minimum atomic E-state index is -1.00. The van der Waals surface area contributed by atoms with Crippen LogP contribution in [-0.2, 0) is 16.1 Å². The highest BCUT2D eigenvalue weighted by Crippen LogP contribution is 2.33. The van der Waals surface area contributed by atoms with Gasteiger partial charge in [-0.05, 0) is 29.8 Å². The molecule has 1 aliphatic heterocycles. The Bertz CT molecular complexity index is 1450. The maximum Gasteiger partial charge on any atom is 0.251 e. The van der Waals surface area contributed by atoms with E-state index in [4.69, 9.17) is 44.5 Å². The van der Waals surface area contributed by atoms with Crippen LogP contribution in [0.2, 0.25) is 15.1 Å². The number of amides is 1. The van der Waals surface area contributed by atoms with Gasteiger partial charge in [0.25, 0.3) is 5.91 Å². The number of ether oxygens (including phenoxy) is 1. The molecule has 0 aliphatic carbocycles. The van der Waals surface area contributed by atoms with Gasteiger partial charge >= 0.3 is 0 Å². The third kappa shape index (κ3) is 4.82. The second-order valence-electron chi connectivity index (χ2n) is 8.13. The van der Waals surface area contributed by atoms with Gasteiger partial charge < -0.3 is 20.5 Å². The molecule has 186 valence electrons. The van der Waals surface area contributed by atoms with Crippen molar-refractivity contribution in [3.63, 3.8) is 0 Å². The number of nitrogens with zero attached hydrogens (tertiary/aromatic N) is 5. The van der Waals surface area contributed by atoms with Crippen LogP contribution in [-0.4, -0.2) is 54.8 Å². The summed E-state index contributed by atoms with van der Waals surface area (Å²) in [7, 11) is 1.49. The molecule has 4 aromatic rings. The highest BCUT2D eigenvalue weighted by Gasteiger charge is 2.40. The predicted molar refractivity (Wildman–Crippen MR) is 136 cm³/mol. The number of hydrogen-bond donors (Lipinski definition) is 3. The third-order valence-corrected chi connectivity index (χ3v) is 6.56. The summed E-state index contributed by atoms with van der Waals surface area (Å²) in [6, 6.07) is 6.90. The molecule has 0 spiro atoms. The van der Waals surface area contributed by atoms with E-state index >= 15 is 0 Å². The molecule has 3 aromatic heterocycles. The number of aliphatic hydroxyl groups is 1. The summed E-state index contributed by atoms with van der Waals surface area (Å²) in [5, 5.41) is 17.7. The van der Waals surface area contributed by atoms with Gasteiger partial charge in [-0.2, -0.15) is 0 Å². The van der Waals surface area contributed by atoms with Crippen LogP contribution in [0.5, 0.6) is 0 Å². The molecular weight excluding hydrogens is 529 g/mol. The summed E-state index contributed by atoms with van der Waals surface area (Å²) in [4.78, 5) is 30.1. The fourth-order valence-electron chi connectivity index (χ4n) is 3.98. The van der Waals surface area contributed by atoms with Crippen molar-refractivity contribution in [2.45, 2.75) is 31.4 Å². The van der Waals surface area contributed by atoms with Gasteiger partial charge in [-0.15, -0.1) is 0 Å². The second-order valence-corrected chi connectivity index (χ2v) is 9.41. The van der Waals surface area contributed by atoms with Crippen molar-refractivity contribution in [3.05, 3.63) is 63.6 Å². The van der Waals surface area contributed by atoms with E-state index in [1.165, 1.54) is 13.2 Å². The Morgan fingerprint density at radius 1 is 1.19 bits per heavy atom. The Morgan fingerprint density at radius 2 is 2.03 bits per heavy atom. The number of aliphatic hydroxyl groups excluding tert-OH is 1. The zero-order valence-corrected chi connectivity index (χ0v) is 21.1. The lowest BCUT2D eigenvalue weighted by Crippen LogP contribution is -2.38. The van der Waals surface area contributed by atoms with E-state index in [2.05, 4.69) is 25.6 Å². The SMILES string of the molecule is CNC(=O)[C@H]1O[C@@H](n2cnc3c(NCc4cc(Cl)ccc4Cl)nc(-c4cncc(Cl)c4)nc32)C[C@@H]1O. The number of halogens is 3. The number of fused-ring (bicyclic) bond motifs is 1. The number of carbonyl (C=O) groups excluding carboxylic acids is 1. The van der Waals surface area contributed by atoms with Crippen molar-refractivity contribution in [3.8, 4) is 11.4 Å². The Hall–Kier alpha value is -3.02. The molecule has 3 N–H and O–H groups in total. The van der Waals surface area contributed by atoms with Gasteiger partial charge in [0.2, 0.25) is 0 Å². The summed E-state index contributed by atoms with van der Waals surface area (Å²) in [5.74, 6) is 0.377. The predicted octanol–water partition coefficient (Wildman–Crippen LogP) is 3.86. The van der Waals surface area contributed by atoms with Crippen molar-refractivity contribution < 1.29 is 14.6 Å². The van der Waals surface area contributed by atoms with Gasteiger partial charge in [0, 0.05) is 48.0 Å². The molecule has 0 bridgehead atoms. The van der Waals surface area contributed by atoms with Crippen LogP contribution in [0.4, 0.5) is 5.82 Å². The first-order valence-corrected chi connectivity index (χ1v) is 12.1. The van der Waals surface area contributed by atoms with Crippen molar-refractivity contribution >= 4 is 57.7 Å². The average Bonchev–Trinajstić information content (AvgIpc) is 3.47. The van der Waals surface area contributed by atoms with Crippen LogP contribution >= 0.6 is 34.8 Å². The molecule has 1 aromatic carbocycles. The molecule has 5 rings (SSSR count). The number of likely N-dealkylation sites (N-methyl/N-ethyl adjacent to an activating group) is 1. The van der Waals surface area contributed by atoms with Crippen LogP contribution in [0.25, 0.3) is 22.6 Å². The largest absolute Gasteiger partial charge is 0.390 e. The second kappa shape index (κ2) is 10.2. The number of nitrogens with one attached hydrogen (secondary N) is 2. The van der Waals surface area contributed by atoms with Crippen molar-refractivity contribution in [2.24, 2.45) is 0 Å². The highest BCUT2D eigenvalue weighted by molar-refractivity contribution is 6.33. The monoisotopic (exact) mass is 547 g/mol. The van der Waals surface area contributed by atoms with Gasteiger partial charge in [-0.1, -0.05) is 34.8 Å². The van der Waals surface area contributed by atoms with Crippen LogP contribution in [0.3, 0.4) is 0 Å². The van der Waals surface area contributed by atoms with Crippen molar-refractivity contribution in [1.29, 1.82) is 0 Å². The molecule has 3 atom stereocenters. The minimum absolute atomic E-state index is 0.183. The number of imidazole rings is 1. The molecule has 0 unspecified atom stereocenters. The fourth-order valence-corrected chi connectivity index (χ4v) is 4.53. The number of pyridine rings is 1. The lowest BCUT2D eigenvalue weighted by molar-refractivity contribution is -0.137. The number of benzene rings is 1. The molecular formula is C23H20Cl3N7O3. The summed E-state index contributed by atoms with van der Waals surface area (Å²) in [6.07, 6.45) is 2.20. The Labute approximate surface area is 220 Å². The Balaban J connectivity index is 1.56. The summed E-state index contributed by atoms with van der Waals surface area (Å²) in [6.45, 7) is 0.322. The third-order valence-electron chi connectivity index (χ3n) is 5.75. The number of rotatable bonds is 6. The zero-order chi connectivity index (χ0) is 25.4. The van der Waals surface area contributed by atoms with E-state index in [9.17, 15) is 9.90 Å². The highest BCUT2D eigenvalue weighted by atomic mass is 35.5. The molecule has 0 saturated carbocycles. The molecule has 10 nitrogen and oxygen atoms in total. The van der Waals surface area contributed by atoms with Gasteiger partial charge in [0.05, 0.1) is 17.5 Å². The fraction of sp³-hybridized carbons (Fsp3) is 0.261. The molecule has 1 saturated heterocycles. The van der Waals surface area contributed by atoms with Crippen LogP contribution < -0.4 is 10.6 Å². The molecule has 1 aliphatic rings. The Morgan fingerprint density at radius 3 is 2.81 bits per heavy atom. The van der Waals surface area contributed by atoms with E-state index in [0.717, 1.165) is 5.56 Å². The topological polar surface area (TPSA) is 127 Å². The number of carbonyl (C=O) groups is 1. The molecule has 0 radical (unpaired) electrons. The van der Waals surface area contributed by atoms with Crippen LogP contribution in [0, 0.1) is 0 Å². The molecule has 1 amide bonds. The first-order chi connectivity index (χ1) is 17.3. The van der Waals surface area contributed by atoms with Gasteiger partial charge in [0.1, 0.15) is 6.23 Å². The molecule has 4 heterocycles. The molecule has 1 fully saturated rings. The Kier molecular flexibility index (Phi) is 6.96. The zero-order valence-electron chi connectivity index (χ0n) is 18.8. The smallest absolute Gasteiger partial charge is 0.251 e. The van der Waals surface area contributed by atoms with E-state index in [-0.39, 0.29) is 6.42 Å². The van der Waals surface area contributed by atoms with E-state index < -0.39 is 24.3 Å². The van der Waals surface area contributed by atoms with E-state index in [1.807, 2.05) is 0 Å². The van der Waals surface area contributed by atoms with Crippen molar-refractivity contribution in [1.82, 2.24) is 29.8 Å². The lowest BCUT2D eigenvalue weighted by atomic mass is 10.1. The standard InChI is InChI=1S/C23H20Cl3N7O3/c1-27-23(35)19-16(34)6-17(36-19)33-10-30-18-21(29-8-11-4-13(24)2-3-15(11)26)31-20(32-22(18)33)12-5-14(25)9-28-7-12/h2-5,7,9-10,16-17,19,34H,6,8H2,1H3,(H,27,35)(H,29,31,32)/t16-,17+,19-/m0/s1. The van der Waals surface area contributed by atoms with E-state index in [1.54, 1.807) is 41.4 Å². The van der Waals surface area contributed by atoms with Crippen LogP contribution in [0.1, 0.15) is 18.2 Å². The average molecular weight is 549 g/mol.